The van der Waals surface area contributed by atoms with Gasteiger partial charge >= 0.3 is 131 Å². The van der Waals surface area contributed by atoms with Crippen LogP contribution in [0.25, 0.3) is 11.0 Å². The van der Waals surface area contributed by atoms with E-state index in [2.05, 4.69) is 0 Å². The number of carboxylic acid groups (broad SMARTS) is 1. The molecule has 1 N–H and O–H groups in total. The van der Waals surface area contributed by atoms with E-state index in [1.807, 2.05) is 12.1 Å². The minimum absolute atomic E-state index is 0.119. The van der Waals surface area contributed by atoms with Crippen LogP contribution in [0.2, 0.25) is 3.93 Å². The summed E-state index contributed by atoms with van der Waals surface area (Å²) in [6, 6.07) is 6.80. The van der Waals surface area contributed by atoms with E-state index in [0.29, 0.717) is 43.5 Å². The van der Waals surface area contributed by atoms with Gasteiger partial charge in [-0.1, -0.05) is 0 Å². The number of hydrogen-bond donors (Lipinski definition) is 1. The topological polar surface area (TPSA) is 76.7 Å². The summed E-state index contributed by atoms with van der Waals surface area (Å²) in [5, 5.41) is 9.56. The molecule has 1 heterocycles. The van der Waals surface area contributed by atoms with Crippen LogP contribution in [0.1, 0.15) is 15.9 Å². The molecule has 0 aliphatic carbocycles. The quantitative estimate of drug-likeness (QED) is 0.544. The van der Waals surface area contributed by atoms with Gasteiger partial charge in [0.2, 0.25) is 0 Å². The Hall–Kier alpha value is -1.20. The summed E-state index contributed by atoms with van der Waals surface area (Å²) in [6.45, 7) is 0. The van der Waals surface area contributed by atoms with Gasteiger partial charge in [-0.25, -0.2) is 0 Å². The van der Waals surface area contributed by atoms with E-state index in [-0.39, 0.29) is 11.7 Å². The number of ether oxygens (including phenoxy) is 1. The van der Waals surface area contributed by atoms with Crippen molar-refractivity contribution in [2.75, 3.05) is 7.11 Å². The van der Waals surface area contributed by atoms with Crippen molar-refractivity contribution in [1.29, 1.82) is 0 Å². The molecule has 0 amide bonds. The first-order valence-electron chi connectivity index (χ1n) is 6.18. The van der Waals surface area contributed by atoms with Gasteiger partial charge in [-0.3, -0.25) is 0 Å². The Bertz CT molecular complexity index is 688. The molecular formula is C14H13HgO5. The Labute approximate surface area is 131 Å². The predicted molar refractivity (Wildman–Crippen MR) is 68.8 cm³/mol. The SMILES string of the molecule is COC([CH2][Hg])Cc1cccc2cc(C(=O)O)c(=O)oc12. The maximum atomic E-state index is 11.7. The molecule has 0 saturated heterocycles. The van der Waals surface area contributed by atoms with E-state index >= 15 is 0 Å². The van der Waals surface area contributed by atoms with Crippen LogP contribution >= 0.6 is 0 Å². The molecule has 0 saturated carbocycles. The second-order valence-electron chi connectivity index (χ2n) is 4.44. The number of benzene rings is 1. The van der Waals surface area contributed by atoms with Gasteiger partial charge in [-0.2, -0.15) is 0 Å². The van der Waals surface area contributed by atoms with Crippen molar-refractivity contribution in [2.24, 2.45) is 0 Å². The predicted octanol–water partition coefficient (Wildman–Crippen LogP) is 2.01. The fourth-order valence-electron chi connectivity index (χ4n) is 2.06. The summed E-state index contributed by atoms with van der Waals surface area (Å²) < 4.78 is 11.6. The van der Waals surface area contributed by atoms with Crippen molar-refractivity contribution < 1.29 is 45.2 Å². The number of carboxylic acids is 1. The Morgan fingerprint density at radius 1 is 1.50 bits per heavy atom. The van der Waals surface area contributed by atoms with Gasteiger partial charge in [0.15, 0.2) is 0 Å². The first-order valence-corrected chi connectivity index (χ1v) is 10.1. The number of methoxy groups -OCH3 is 1. The first-order chi connectivity index (χ1) is 9.56. The summed E-state index contributed by atoms with van der Waals surface area (Å²) in [6.07, 6.45) is 0.778. The second-order valence-corrected chi connectivity index (χ2v) is 6.68. The third kappa shape index (κ3) is 3.09. The van der Waals surface area contributed by atoms with Gasteiger partial charge in [0.05, 0.1) is 0 Å². The number of fused-ring (bicyclic) bond motifs is 1. The molecule has 0 radical (unpaired) electrons. The normalized spacial score (nSPS) is 12.6. The van der Waals surface area contributed by atoms with Crippen molar-refractivity contribution in [3.63, 3.8) is 0 Å². The average Bonchev–Trinajstić information content (AvgIpc) is 2.44. The standard InChI is InChI=1S/C14H13O5.Hg/c1-8(18-2)6-9-4-3-5-10-7-11(13(15)16)14(17)19-12(9)10;/h3-5,7-8H,1,6H2,2H3,(H,15,16);. The number of rotatable bonds is 5. The van der Waals surface area contributed by atoms with E-state index in [1.54, 1.807) is 13.2 Å². The molecule has 0 bridgehead atoms. The Morgan fingerprint density at radius 3 is 2.85 bits per heavy atom. The van der Waals surface area contributed by atoms with Crippen LogP contribution in [0.15, 0.2) is 33.5 Å². The molecule has 2 rings (SSSR count). The summed E-state index contributed by atoms with van der Waals surface area (Å²) >= 11 is 0.627. The van der Waals surface area contributed by atoms with Crippen LogP contribution in [-0.4, -0.2) is 24.3 Å². The molecule has 1 atom stereocenters. The van der Waals surface area contributed by atoms with E-state index in [1.165, 1.54) is 6.07 Å². The molecule has 1 aromatic heterocycles. The molecule has 6 heteroatoms. The van der Waals surface area contributed by atoms with Gasteiger partial charge in [0.1, 0.15) is 0 Å². The van der Waals surface area contributed by atoms with Gasteiger partial charge in [0.25, 0.3) is 0 Å². The monoisotopic (exact) mass is 463 g/mol. The minimum atomic E-state index is -1.28. The van der Waals surface area contributed by atoms with Crippen LogP contribution in [0.4, 0.5) is 0 Å². The molecule has 0 aliphatic rings. The van der Waals surface area contributed by atoms with Crippen molar-refractivity contribution in [3.05, 3.63) is 45.8 Å². The van der Waals surface area contributed by atoms with Gasteiger partial charge in [-0.05, 0) is 0 Å². The van der Waals surface area contributed by atoms with Crippen molar-refractivity contribution in [3.8, 4) is 0 Å². The summed E-state index contributed by atoms with van der Waals surface area (Å²) in [4.78, 5) is 22.6. The molecule has 101 valence electrons. The second kappa shape index (κ2) is 6.50. The molecule has 0 spiro atoms. The van der Waals surface area contributed by atoms with E-state index in [0.717, 1.165) is 9.49 Å². The third-order valence-corrected chi connectivity index (χ3v) is 5.68. The van der Waals surface area contributed by atoms with Crippen LogP contribution < -0.4 is 5.63 Å². The molecule has 1 aromatic carbocycles. The average molecular weight is 462 g/mol. The van der Waals surface area contributed by atoms with Crippen LogP contribution in [-0.2, 0) is 37.3 Å². The van der Waals surface area contributed by atoms with Crippen molar-refractivity contribution in [2.45, 2.75) is 16.5 Å². The maximum absolute atomic E-state index is 11.7. The molecule has 5 nitrogen and oxygen atoms in total. The molecule has 1 unspecified atom stereocenters. The zero-order valence-corrected chi connectivity index (χ0v) is 16.6. The summed E-state index contributed by atoms with van der Waals surface area (Å²) in [5.41, 5.74) is 0.157. The zero-order chi connectivity index (χ0) is 14.7. The van der Waals surface area contributed by atoms with Gasteiger partial charge in [0, 0.05) is 0 Å². The van der Waals surface area contributed by atoms with Crippen molar-refractivity contribution in [1.82, 2.24) is 0 Å². The van der Waals surface area contributed by atoms with Gasteiger partial charge in [-0.15, -0.1) is 0 Å². The molecular weight excluding hydrogens is 449 g/mol. The summed E-state index contributed by atoms with van der Waals surface area (Å²) in [5.74, 6) is -1.28. The van der Waals surface area contributed by atoms with E-state index in [4.69, 9.17) is 14.3 Å². The number of hydrogen-bond acceptors (Lipinski definition) is 4. The molecule has 0 fully saturated rings. The van der Waals surface area contributed by atoms with Crippen molar-refractivity contribution >= 4 is 16.9 Å². The fraction of sp³-hybridized carbons (Fsp3) is 0.286. The number of aromatic carboxylic acids is 1. The number of para-hydroxylation sites is 1. The van der Waals surface area contributed by atoms with Crippen LogP contribution in [0, 0.1) is 0 Å². The first kappa shape index (κ1) is 15.2. The molecule has 0 aliphatic heterocycles. The third-order valence-electron chi connectivity index (χ3n) is 3.17. The Kier molecular flexibility index (Phi) is 4.93. The van der Waals surface area contributed by atoms with Gasteiger partial charge < -0.3 is 0 Å². The Morgan fingerprint density at radius 2 is 2.25 bits per heavy atom. The molecule has 2 aromatic rings. The Balaban J connectivity index is 2.55. The number of carbonyl (C=O) groups is 1. The van der Waals surface area contributed by atoms with E-state index in [9.17, 15) is 9.59 Å². The zero-order valence-electron chi connectivity index (χ0n) is 11.1. The van der Waals surface area contributed by atoms with Crippen LogP contribution in [0.3, 0.4) is 0 Å². The van der Waals surface area contributed by atoms with E-state index < -0.39 is 11.6 Å². The molecule has 20 heavy (non-hydrogen) atoms. The van der Waals surface area contributed by atoms with Crippen LogP contribution in [0.5, 0.6) is 0 Å². The summed E-state index contributed by atoms with van der Waals surface area (Å²) in [7, 11) is 1.67. The fourth-order valence-corrected chi connectivity index (χ4v) is 3.77.